The van der Waals surface area contributed by atoms with Crippen molar-refractivity contribution in [3.63, 3.8) is 0 Å². The highest BCUT2D eigenvalue weighted by molar-refractivity contribution is 7.56. The van der Waals surface area contributed by atoms with Crippen molar-refractivity contribution in [2.24, 2.45) is 5.92 Å². The third-order valence-electron chi connectivity index (χ3n) is 2.93. The van der Waals surface area contributed by atoms with E-state index in [0.717, 1.165) is 5.82 Å². The monoisotopic (exact) mass is 302 g/mol. The molecule has 1 saturated heterocycles. The average molecular weight is 302 g/mol. The predicted octanol–water partition coefficient (Wildman–Crippen LogP) is 2.43. The van der Waals surface area contributed by atoms with Crippen molar-refractivity contribution >= 4 is 15.4 Å². The summed E-state index contributed by atoms with van der Waals surface area (Å²) in [6, 6.07) is -0.447. The summed E-state index contributed by atoms with van der Waals surface area (Å²) in [6.07, 6.45) is 0.530. The van der Waals surface area contributed by atoms with Gasteiger partial charge in [0.15, 0.2) is 0 Å². The van der Waals surface area contributed by atoms with Crippen molar-refractivity contribution in [1.29, 1.82) is 0 Å². The van der Waals surface area contributed by atoms with Gasteiger partial charge in [-0.15, -0.1) is 0 Å². The summed E-state index contributed by atoms with van der Waals surface area (Å²) in [7, 11) is 2.10. The van der Waals surface area contributed by atoms with Crippen molar-refractivity contribution < 1.29 is 23.5 Å². The SMILES string of the molecule is [B][C@@H]1O[C@H](/C=C/P(=O)(O)OC(C)C)C(OC(C)C)[C@@H]1C. The van der Waals surface area contributed by atoms with E-state index in [1.807, 2.05) is 20.8 Å². The summed E-state index contributed by atoms with van der Waals surface area (Å²) in [4.78, 5) is 9.66. The van der Waals surface area contributed by atoms with Gasteiger partial charge in [-0.3, -0.25) is 4.57 Å². The van der Waals surface area contributed by atoms with E-state index in [4.69, 9.17) is 21.8 Å². The Kier molecular flexibility index (Phi) is 6.48. The second-order valence-corrected chi connectivity index (χ2v) is 7.27. The first kappa shape index (κ1) is 17.9. The van der Waals surface area contributed by atoms with Crippen LogP contribution in [-0.2, 0) is 18.6 Å². The smallest absolute Gasteiger partial charge is 0.351 e. The normalized spacial score (nSPS) is 34.2. The molecule has 0 aliphatic carbocycles. The summed E-state index contributed by atoms with van der Waals surface area (Å²) >= 11 is 0. The van der Waals surface area contributed by atoms with Crippen LogP contribution >= 0.6 is 7.60 Å². The van der Waals surface area contributed by atoms with Gasteiger partial charge < -0.3 is 18.9 Å². The second-order valence-electron chi connectivity index (χ2n) is 5.63. The molecular weight excluding hydrogens is 278 g/mol. The third-order valence-corrected chi connectivity index (χ3v) is 4.20. The lowest BCUT2D eigenvalue weighted by molar-refractivity contribution is -0.0318. The average Bonchev–Trinajstić information content (AvgIpc) is 2.52. The zero-order valence-electron chi connectivity index (χ0n) is 12.7. The zero-order valence-corrected chi connectivity index (χ0v) is 13.6. The fraction of sp³-hybridized carbons (Fsp3) is 0.846. The molecule has 5 atom stereocenters. The van der Waals surface area contributed by atoms with Crippen molar-refractivity contribution in [3.8, 4) is 0 Å². The fourth-order valence-corrected chi connectivity index (χ4v) is 3.13. The maximum atomic E-state index is 11.8. The Morgan fingerprint density at radius 3 is 2.40 bits per heavy atom. The highest BCUT2D eigenvalue weighted by atomic mass is 31.2. The van der Waals surface area contributed by atoms with Gasteiger partial charge in [-0.1, -0.05) is 6.92 Å². The van der Waals surface area contributed by atoms with Crippen molar-refractivity contribution in [1.82, 2.24) is 0 Å². The predicted molar refractivity (Wildman–Crippen MR) is 78.8 cm³/mol. The topological polar surface area (TPSA) is 65.0 Å². The molecule has 2 radical (unpaired) electrons. The lowest BCUT2D eigenvalue weighted by Gasteiger charge is -2.22. The van der Waals surface area contributed by atoms with Crippen LogP contribution in [0.3, 0.4) is 0 Å². The Morgan fingerprint density at radius 1 is 1.30 bits per heavy atom. The van der Waals surface area contributed by atoms with Crippen LogP contribution < -0.4 is 0 Å². The Hall–Kier alpha value is -0.125. The van der Waals surface area contributed by atoms with E-state index in [2.05, 4.69) is 0 Å². The lowest BCUT2D eigenvalue weighted by Crippen LogP contribution is -2.30. The molecule has 0 aromatic carbocycles. The van der Waals surface area contributed by atoms with E-state index in [1.54, 1.807) is 13.8 Å². The summed E-state index contributed by atoms with van der Waals surface area (Å²) in [6.45, 7) is 9.19. The molecule has 20 heavy (non-hydrogen) atoms. The molecule has 2 unspecified atom stereocenters. The first-order valence-corrected chi connectivity index (χ1v) is 8.54. The molecular formula is C13H24BO5P. The minimum atomic E-state index is -3.76. The van der Waals surface area contributed by atoms with Gasteiger partial charge in [-0.05, 0) is 33.8 Å². The van der Waals surface area contributed by atoms with Crippen LogP contribution in [0.4, 0.5) is 0 Å². The molecule has 0 bridgehead atoms. The van der Waals surface area contributed by atoms with Gasteiger partial charge >= 0.3 is 7.60 Å². The van der Waals surface area contributed by atoms with E-state index in [1.165, 1.54) is 6.08 Å². The third kappa shape index (κ3) is 5.34. The molecule has 114 valence electrons. The zero-order chi connectivity index (χ0) is 15.5. The molecule has 1 heterocycles. The highest BCUT2D eigenvalue weighted by Gasteiger charge is 2.39. The summed E-state index contributed by atoms with van der Waals surface area (Å²) in [5.41, 5.74) is 0. The molecule has 1 rings (SSSR count). The largest absolute Gasteiger partial charge is 0.378 e. The maximum absolute atomic E-state index is 11.8. The molecule has 1 aliphatic heterocycles. The van der Waals surface area contributed by atoms with Crippen LogP contribution in [-0.4, -0.2) is 43.2 Å². The van der Waals surface area contributed by atoms with E-state index in [9.17, 15) is 9.46 Å². The number of ether oxygens (including phenoxy) is 2. The van der Waals surface area contributed by atoms with E-state index >= 15 is 0 Å². The molecule has 0 aromatic rings. The van der Waals surface area contributed by atoms with Crippen molar-refractivity contribution in [2.45, 2.75) is 65.0 Å². The van der Waals surface area contributed by atoms with Gasteiger partial charge in [0.25, 0.3) is 0 Å². The van der Waals surface area contributed by atoms with Crippen molar-refractivity contribution in [2.75, 3.05) is 0 Å². The number of hydrogen-bond acceptors (Lipinski definition) is 4. The Balaban J connectivity index is 2.76. The van der Waals surface area contributed by atoms with Gasteiger partial charge in [0.1, 0.15) is 14.0 Å². The van der Waals surface area contributed by atoms with E-state index in [0.29, 0.717) is 0 Å². The van der Waals surface area contributed by atoms with Crippen LogP contribution in [0.2, 0.25) is 0 Å². The molecule has 5 nitrogen and oxygen atoms in total. The summed E-state index contributed by atoms with van der Waals surface area (Å²) in [5.74, 6) is 1.16. The molecule has 7 heteroatoms. The quantitative estimate of drug-likeness (QED) is 0.603. The second kappa shape index (κ2) is 7.23. The Bertz CT molecular complexity index is 385. The minimum absolute atomic E-state index is 0.0103. The highest BCUT2D eigenvalue weighted by Crippen LogP contribution is 2.45. The fourth-order valence-electron chi connectivity index (χ4n) is 2.07. The minimum Gasteiger partial charge on any atom is -0.378 e. The Morgan fingerprint density at radius 2 is 1.90 bits per heavy atom. The van der Waals surface area contributed by atoms with Crippen molar-refractivity contribution in [3.05, 3.63) is 11.9 Å². The maximum Gasteiger partial charge on any atom is 0.351 e. The molecule has 1 N–H and O–H groups in total. The molecule has 0 aromatic heterocycles. The molecule has 1 aliphatic rings. The molecule has 0 spiro atoms. The number of hydrogen-bond donors (Lipinski definition) is 1. The molecule has 0 amide bonds. The first-order valence-electron chi connectivity index (χ1n) is 6.89. The van der Waals surface area contributed by atoms with E-state index in [-0.39, 0.29) is 24.2 Å². The Labute approximate surface area is 122 Å². The summed E-state index contributed by atoms with van der Waals surface area (Å²) < 4.78 is 28.1. The first-order chi connectivity index (χ1) is 9.12. The summed E-state index contributed by atoms with van der Waals surface area (Å²) in [5, 5.41) is 0. The van der Waals surface area contributed by atoms with Gasteiger partial charge in [0.2, 0.25) is 0 Å². The molecule has 0 saturated carbocycles. The molecule has 1 fully saturated rings. The van der Waals surface area contributed by atoms with Gasteiger partial charge in [-0.25, -0.2) is 0 Å². The van der Waals surface area contributed by atoms with Crippen LogP contribution in [0.5, 0.6) is 0 Å². The lowest BCUT2D eigenvalue weighted by atomic mass is 9.86. The number of rotatable bonds is 6. The van der Waals surface area contributed by atoms with Crippen LogP contribution in [0.25, 0.3) is 0 Å². The van der Waals surface area contributed by atoms with Crippen LogP contribution in [0.15, 0.2) is 11.9 Å². The van der Waals surface area contributed by atoms with Gasteiger partial charge in [0.05, 0.1) is 18.3 Å². The van der Waals surface area contributed by atoms with Gasteiger partial charge in [0, 0.05) is 17.7 Å². The standard InChI is InChI=1S/C13H24BO5P/c1-8(2)17-12-10(5)13(14)18-11(12)6-7-20(15,16)19-9(3)4/h6-13H,1-5H3,(H,15,16)/b7-6+/t10-,11+,12?,13+/m0/s1. The van der Waals surface area contributed by atoms with Gasteiger partial charge in [-0.2, -0.15) is 0 Å². The van der Waals surface area contributed by atoms with Crippen LogP contribution in [0, 0.1) is 5.92 Å². The van der Waals surface area contributed by atoms with E-state index < -0.39 is 19.7 Å². The van der Waals surface area contributed by atoms with Crippen LogP contribution in [0.1, 0.15) is 34.6 Å².